The monoisotopic (exact) mass is 276 g/mol. The Morgan fingerprint density at radius 1 is 0.850 bits per heavy atom. The Morgan fingerprint density at radius 2 is 1.35 bits per heavy atom. The highest BCUT2D eigenvalue weighted by Crippen LogP contribution is 2.27. The summed E-state index contributed by atoms with van der Waals surface area (Å²) in [6.07, 6.45) is 11.4. The summed E-state index contributed by atoms with van der Waals surface area (Å²) in [4.78, 5) is 0. The van der Waals surface area contributed by atoms with Crippen LogP contribution in [-0.4, -0.2) is 5.11 Å². The molecule has 0 radical (unpaired) electrons. The van der Waals surface area contributed by atoms with E-state index in [-0.39, 0.29) is 0 Å². The number of hydrogen-bond acceptors (Lipinski definition) is 1. The fourth-order valence-corrected chi connectivity index (χ4v) is 2.66. The second-order valence-corrected chi connectivity index (χ2v) is 6.36. The normalized spacial score (nSPS) is 14.2. The van der Waals surface area contributed by atoms with E-state index < -0.39 is 5.60 Å². The van der Waals surface area contributed by atoms with Gasteiger partial charge in [-0.1, -0.05) is 88.1 Å². The van der Waals surface area contributed by atoms with Crippen LogP contribution in [0.3, 0.4) is 0 Å². The molecule has 0 aliphatic carbocycles. The average molecular weight is 276 g/mol. The first-order valence-corrected chi connectivity index (χ1v) is 8.36. The van der Waals surface area contributed by atoms with Crippen LogP contribution in [0.5, 0.6) is 0 Å². The highest BCUT2D eigenvalue weighted by atomic mass is 16.3. The number of unbranched alkanes of at least 4 members (excludes halogenated alkanes) is 7. The summed E-state index contributed by atoms with van der Waals surface area (Å²) in [5.41, 5.74) is 1.62. The maximum absolute atomic E-state index is 10.5. The lowest BCUT2D eigenvalue weighted by molar-refractivity contribution is 0.0448. The summed E-state index contributed by atoms with van der Waals surface area (Å²) in [6, 6.07) is 8.27. The first kappa shape index (κ1) is 17.2. The molecule has 1 heteroatoms. The van der Waals surface area contributed by atoms with Crippen molar-refractivity contribution in [2.45, 2.75) is 84.2 Å². The first-order valence-electron chi connectivity index (χ1n) is 8.36. The summed E-state index contributed by atoms with van der Waals surface area (Å²) < 4.78 is 0. The highest BCUT2D eigenvalue weighted by Gasteiger charge is 2.21. The summed E-state index contributed by atoms with van der Waals surface area (Å²) >= 11 is 0. The fourth-order valence-electron chi connectivity index (χ4n) is 2.66. The smallest absolute Gasteiger partial charge is 0.0868 e. The zero-order valence-corrected chi connectivity index (χ0v) is 13.6. The topological polar surface area (TPSA) is 20.2 Å². The van der Waals surface area contributed by atoms with Crippen molar-refractivity contribution in [3.8, 4) is 0 Å². The molecule has 1 unspecified atom stereocenters. The molecule has 0 saturated heterocycles. The number of aliphatic hydroxyl groups is 1. The number of rotatable bonds is 10. The molecule has 1 N–H and O–H groups in total. The van der Waals surface area contributed by atoms with E-state index in [9.17, 15) is 5.11 Å². The van der Waals surface area contributed by atoms with Crippen LogP contribution in [0.2, 0.25) is 0 Å². The molecule has 0 amide bonds. The van der Waals surface area contributed by atoms with Crippen molar-refractivity contribution < 1.29 is 5.11 Å². The Balaban J connectivity index is 2.18. The van der Waals surface area contributed by atoms with Gasteiger partial charge < -0.3 is 5.11 Å². The SMILES string of the molecule is CCCCCCCCCCC(C)(O)c1ccc(C)cc1. The molecule has 1 aromatic carbocycles. The maximum atomic E-state index is 10.5. The van der Waals surface area contributed by atoms with Crippen LogP contribution < -0.4 is 0 Å². The van der Waals surface area contributed by atoms with Crippen LogP contribution >= 0.6 is 0 Å². The van der Waals surface area contributed by atoms with Crippen molar-refractivity contribution in [1.29, 1.82) is 0 Å². The van der Waals surface area contributed by atoms with Gasteiger partial charge in [0.25, 0.3) is 0 Å². The van der Waals surface area contributed by atoms with E-state index in [4.69, 9.17) is 0 Å². The van der Waals surface area contributed by atoms with Gasteiger partial charge in [-0.2, -0.15) is 0 Å². The Hall–Kier alpha value is -0.820. The third-order valence-corrected chi connectivity index (χ3v) is 4.19. The van der Waals surface area contributed by atoms with E-state index in [1.165, 1.54) is 50.5 Å². The lowest BCUT2D eigenvalue weighted by Gasteiger charge is -2.24. The minimum absolute atomic E-state index is 0.671. The lowest BCUT2D eigenvalue weighted by atomic mass is 9.89. The molecule has 0 aliphatic heterocycles. The molecule has 20 heavy (non-hydrogen) atoms. The summed E-state index contributed by atoms with van der Waals surface area (Å²) in [6.45, 7) is 6.28. The lowest BCUT2D eigenvalue weighted by Crippen LogP contribution is -2.20. The van der Waals surface area contributed by atoms with E-state index in [1.807, 2.05) is 6.92 Å². The Kier molecular flexibility index (Phi) is 7.91. The fraction of sp³-hybridized carbons (Fsp3) is 0.684. The third-order valence-electron chi connectivity index (χ3n) is 4.19. The highest BCUT2D eigenvalue weighted by molar-refractivity contribution is 5.25. The number of aryl methyl sites for hydroxylation is 1. The van der Waals surface area contributed by atoms with Gasteiger partial charge >= 0.3 is 0 Å². The molecular formula is C19H32O. The quantitative estimate of drug-likeness (QED) is 0.541. The second-order valence-electron chi connectivity index (χ2n) is 6.36. The van der Waals surface area contributed by atoms with E-state index in [1.54, 1.807) is 0 Å². The molecule has 0 bridgehead atoms. The molecule has 0 heterocycles. The largest absolute Gasteiger partial charge is 0.385 e. The minimum Gasteiger partial charge on any atom is -0.385 e. The molecule has 0 spiro atoms. The van der Waals surface area contributed by atoms with E-state index >= 15 is 0 Å². The van der Waals surface area contributed by atoms with Crippen molar-refractivity contribution in [3.63, 3.8) is 0 Å². The molecule has 1 rings (SSSR count). The Labute approximate surface area is 125 Å². The second kappa shape index (κ2) is 9.18. The van der Waals surface area contributed by atoms with E-state index in [0.29, 0.717) is 0 Å². The van der Waals surface area contributed by atoms with Crippen LogP contribution in [0.15, 0.2) is 24.3 Å². The van der Waals surface area contributed by atoms with Gasteiger partial charge in [-0.15, -0.1) is 0 Å². The van der Waals surface area contributed by atoms with Gasteiger partial charge in [0.2, 0.25) is 0 Å². The van der Waals surface area contributed by atoms with Crippen molar-refractivity contribution >= 4 is 0 Å². The molecule has 0 saturated carbocycles. The molecule has 1 atom stereocenters. The van der Waals surface area contributed by atoms with Crippen molar-refractivity contribution in [2.24, 2.45) is 0 Å². The van der Waals surface area contributed by atoms with Crippen molar-refractivity contribution in [1.82, 2.24) is 0 Å². The van der Waals surface area contributed by atoms with Crippen LogP contribution in [0.25, 0.3) is 0 Å². The third kappa shape index (κ3) is 6.56. The molecule has 0 fully saturated rings. The minimum atomic E-state index is -0.671. The molecule has 1 aromatic rings. The van der Waals surface area contributed by atoms with Crippen LogP contribution in [0.1, 0.15) is 82.8 Å². The van der Waals surface area contributed by atoms with Gasteiger partial charge in [0.05, 0.1) is 5.60 Å². The van der Waals surface area contributed by atoms with Crippen LogP contribution in [0, 0.1) is 6.92 Å². The molecule has 0 aliphatic rings. The molecule has 114 valence electrons. The predicted molar refractivity (Wildman–Crippen MR) is 88.0 cm³/mol. The van der Waals surface area contributed by atoms with E-state index in [2.05, 4.69) is 38.1 Å². The van der Waals surface area contributed by atoms with Crippen molar-refractivity contribution in [3.05, 3.63) is 35.4 Å². The van der Waals surface area contributed by atoms with Crippen LogP contribution in [-0.2, 0) is 5.60 Å². The zero-order valence-electron chi connectivity index (χ0n) is 13.6. The van der Waals surface area contributed by atoms with Crippen molar-refractivity contribution in [2.75, 3.05) is 0 Å². The average Bonchev–Trinajstić information content (AvgIpc) is 2.42. The first-order chi connectivity index (χ1) is 9.56. The predicted octanol–water partition coefficient (Wildman–Crippen LogP) is 5.73. The van der Waals surface area contributed by atoms with Gasteiger partial charge in [-0.05, 0) is 25.8 Å². The van der Waals surface area contributed by atoms with E-state index in [0.717, 1.165) is 18.4 Å². The molecular weight excluding hydrogens is 244 g/mol. The van der Waals surface area contributed by atoms with Gasteiger partial charge in [0.1, 0.15) is 0 Å². The maximum Gasteiger partial charge on any atom is 0.0868 e. The standard InChI is InChI=1S/C19H32O/c1-4-5-6-7-8-9-10-11-16-19(3,20)18-14-12-17(2)13-15-18/h12-15,20H,4-11,16H2,1-3H3. The number of hydrogen-bond donors (Lipinski definition) is 1. The summed E-state index contributed by atoms with van der Waals surface area (Å²) in [5.74, 6) is 0. The Bertz CT molecular complexity index is 351. The summed E-state index contributed by atoms with van der Waals surface area (Å²) in [7, 11) is 0. The van der Waals surface area contributed by atoms with Gasteiger partial charge in [-0.25, -0.2) is 0 Å². The summed E-state index contributed by atoms with van der Waals surface area (Å²) in [5, 5.41) is 10.5. The molecule has 1 nitrogen and oxygen atoms in total. The Morgan fingerprint density at radius 3 is 1.90 bits per heavy atom. The zero-order chi connectivity index (χ0) is 14.8. The molecule has 0 aromatic heterocycles. The van der Waals surface area contributed by atoms with Crippen LogP contribution in [0.4, 0.5) is 0 Å². The van der Waals surface area contributed by atoms with Gasteiger partial charge in [0.15, 0.2) is 0 Å². The van der Waals surface area contributed by atoms with Gasteiger partial charge in [-0.3, -0.25) is 0 Å². The number of benzene rings is 1. The van der Waals surface area contributed by atoms with Gasteiger partial charge in [0, 0.05) is 0 Å².